The Morgan fingerprint density at radius 2 is 2.20 bits per heavy atom. The van der Waals surface area contributed by atoms with E-state index in [1.54, 1.807) is 0 Å². The lowest BCUT2D eigenvalue weighted by Gasteiger charge is -2.19. The maximum absolute atomic E-state index is 11.5. The first-order valence-electron chi connectivity index (χ1n) is 5.78. The van der Waals surface area contributed by atoms with Crippen LogP contribution in [0.4, 0.5) is 0 Å². The zero-order valence-electron chi connectivity index (χ0n) is 9.62. The summed E-state index contributed by atoms with van der Waals surface area (Å²) in [5, 5.41) is 0. The smallest absolute Gasteiger partial charge is 0.306 e. The van der Waals surface area contributed by atoms with Gasteiger partial charge in [-0.15, -0.1) is 0 Å². The quantitative estimate of drug-likeness (QED) is 0.672. The molecular formula is C12H20O3. The number of carbonyl (C=O) groups is 2. The second-order valence-corrected chi connectivity index (χ2v) is 4.69. The molecule has 0 radical (unpaired) electrons. The highest BCUT2D eigenvalue weighted by Crippen LogP contribution is 2.23. The van der Waals surface area contributed by atoms with Crippen molar-refractivity contribution in [3.8, 4) is 0 Å². The first-order valence-corrected chi connectivity index (χ1v) is 5.78. The molecule has 1 atom stereocenters. The molecule has 0 bridgehead atoms. The van der Waals surface area contributed by atoms with E-state index >= 15 is 0 Å². The van der Waals surface area contributed by atoms with Gasteiger partial charge in [0.05, 0.1) is 13.0 Å². The van der Waals surface area contributed by atoms with E-state index in [1.807, 2.05) is 13.8 Å². The zero-order valence-corrected chi connectivity index (χ0v) is 9.62. The van der Waals surface area contributed by atoms with Crippen LogP contribution in [0.3, 0.4) is 0 Å². The number of Topliss-reactive ketones (excluding diaryl/α,β-unsaturated/α-hetero) is 1. The lowest BCUT2D eigenvalue weighted by molar-refractivity contribution is -0.148. The lowest BCUT2D eigenvalue weighted by Crippen LogP contribution is -2.23. The molecule has 1 rings (SSSR count). The molecule has 0 N–H and O–H groups in total. The standard InChI is InChI=1S/C12H20O3/c1-9(2)8-15-12(14)7-10-5-3-4-6-11(10)13/h9-10H,3-8H2,1-2H3/t10-/m0/s1. The minimum Gasteiger partial charge on any atom is -0.465 e. The lowest BCUT2D eigenvalue weighted by atomic mass is 9.86. The molecule has 1 fully saturated rings. The minimum atomic E-state index is -0.219. The molecule has 15 heavy (non-hydrogen) atoms. The fourth-order valence-electron chi connectivity index (χ4n) is 1.79. The molecule has 0 aromatic carbocycles. The number of ketones is 1. The fourth-order valence-corrected chi connectivity index (χ4v) is 1.79. The van der Waals surface area contributed by atoms with Crippen molar-refractivity contribution in [2.45, 2.75) is 46.0 Å². The van der Waals surface area contributed by atoms with Crippen molar-refractivity contribution in [2.24, 2.45) is 11.8 Å². The van der Waals surface area contributed by atoms with Crippen molar-refractivity contribution < 1.29 is 14.3 Å². The first-order chi connectivity index (χ1) is 7.09. The van der Waals surface area contributed by atoms with Crippen LogP contribution in [-0.2, 0) is 14.3 Å². The highest BCUT2D eigenvalue weighted by atomic mass is 16.5. The van der Waals surface area contributed by atoms with Crippen molar-refractivity contribution in [3.63, 3.8) is 0 Å². The van der Waals surface area contributed by atoms with Crippen LogP contribution in [0.15, 0.2) is 0 Å². The fraction of sp³-hybridized carbons (Fsp3) is 0.833. The average molecular weight is 212 g/mol. The van der Waals surface area contributed by atoms with Crippen LogP contribution >= 0.6 is 0 Å². The number of hydrogen-bond acceptors (Lipinski definition) is 3. The van der Waals surface area contributed by atoms with Gasteiger partial charge in [0.15, 0.2) is 0 Å². The van der Waals surface area contributed by atoms with Crippen molar-refractivity contribution in [1.82, 2.24) is 0 Å². The Hall–Kier alpha value is -0.860. The van der Waals surface area contributed by atoms with Gasteiger partial charge in [0.1, 0.15) is 5.78 Å². The summed E-state index contributed by atoms with van der Waals surface area (Å²) in [6, 6.07) is 0. The molecule has 86 valence electrons. The van der Waals surface area contributed by atoms with Gasteiger partial charge in [0.25, 0.3) is 0 Å². The maximum atomic E-state index is 11.5. The Balaban J connectivity index is 2.27. The van der Waals surface area contributed by atoms with Crippen LogP contribution in [-0.4, -0.2) is 18.4 Å². The van der Waals surface area contributed by atoms with E-state index in [4.69, 9.17) is 4.74 Å². The molecule has 3 nitrogen and oxygen atoms in total. The summed E-state index contributed by atoms with van der Waals surface area (Å²) in [6.45, 7) is 4.46. The van der Waals surface area contributed by atoms with E-state index < -0.39 is 0 Å². The van der Waals surface area contributed by atoms with E-state index in [0.29, 0.717) is 18.9 Å². The topological polar surface area (TPSA) is 43.4 Å². The third-order valence-corrected chi connectivity index (χ3v) is 2.67. The first kappa shape index (κ1) is 12.2. The largest absolute Gasteiger partial charge is 0.465 e. The van der Waals surface area contributed by atoms with Gasteiger partial charge in [-0.2, -0.15) is 0 Å². The highest BCUT2D eigenvalue weighted by Gasteiger charge is 2.25. The number of rotatable bonds is 4. The van der Waals surface area contributed by atoms with Crippen molar-refractivity contribution in [3.05, 3.63) is 0 Å². The van der Waals surface area contributed by atoms with Crippen LogP contribution in [0.5, 0.6) is 0 Å². The molecule has 1 saturated carbocycles. The van der Waals surface area contributed by atoms with E-state index in [9.17, 15) is 9.59 Å². The third kappa shape index (κ3) is 4.45. The average Bonchev–Trinajstić information content (AvgIpc) is 2.18. The summed E-state index contributed by atoms with van der Waals surface area (Å²) in [7, 11) is 0. The molecule has 1 aliphatic rings. The molecule has 0 heterocycles. The molecule has 3 heteroatoms. The maximum Gasteiger partial charge on any atom is 0.306 e. The van der Waals surface area contributed by atoms with Crippen LogP contribution in [0, 0.1) is 11.8 Å². The predicted octanol–water partition coefficient (Wildman–Crippen LogP) is 2.33. The van der Waals surface area contributed by atoms with Crippen LogP contribution in [0.25, 0.3) is 0 Å². The monoisotopic (exact) mass is 212 g/mol. The highest BCUT2D eigenvalue weighted by molar-refractivity contribution is 5.85. The van der Waals surface area contributed by atoms with Gasteiger partial charge >= 0.3 is 5.97 Å². The van der Waals surface area contributed by atoms with Gasteiger partial charge in [-0.25, -0.2) is 0 Å². The van der Waals surface area contributed by atoms with Gasteiger partial charge in [-0.1, -0.05) is 20.3 Å². The van der Waals surface area contributed by atoms with Crippen molar-refractivity contribution in [2.75, 3.05) is 6.61 Å². The normalized spacial score (nSPS) is 21.8. The van der Waals surface area contributed by atoms with E-state index in [-0.39, 0.29) is 24.1 Å². The molecule has 0 aromatic rings. The second kappa shape index (κ2) is 5.89. The summed E-state index contributed by atoms with van der Waals surface area (Å²) in [5.41, 5.74) is 0. The van der Waals surface area contributed by atoms with Gasteiger partial charge < -0.3 is 4.74 Å². The van der Waals surface area contributed by atoms with E-state index in [1.165, 1.54) is 0 Å². The van der Waals surface area contributed by atoms with Crippen LogP contribution < -0.4 is 0 Å². The van der Waals surface area contributed by atoms with Gasteiger partial charge in [-0.05, 0) is 18.8 Å². The van der Waals surface area contributed by atoms with Crippen LogP contribution in [0.2, 0.25) is 0 Å². The SMILES string of the molecule is CC(C)COC(=O)C[C@@H]1CCCCC1=O. The summed E-state index contributed by atoms with van der Waals surface area (Å²) < 4.78 is 5.06. The molecular weight excluding hydrogens is 192 g/mol. The Morgan fingerprint density at radius 1 is 1.47 bits per heavy atom. The van der Waals surface area contributed by atoms with E-state index in [2.05, 4.69) is 0 Å². The molecule has 0 aliphatic heterocycles. The molecule has 0 aromatic heterocycles. The number of carbonyl (C=O) groups excluding carboxylic acids is 2. The molecule has 0 saturated heterocycles. The molecule has 0 amide bonds. The zero-order chi connectivity index (χ0) is 11.3. The van der Waals surface area contributed by atoms with Crippen LogP contribution in [0.1, 0.15) is 46.0 Å². The molecule has 0 unspecified atom stereocenters. The number of ether oxygens (including phenoxy) is 1. The Labute approximate surface area is 91.2 Å². The number of hydrogen-bond donors (Lipinski definition) is 0. The van der Waals surface area contributed by atoms with Gasteiger partial charge in [0, 0.05) is 12.3 Å². The third-order valence-electron chi connectivity index (χ3n) is 2.67. The Bertz CT molecular complexity index is 233. The van der Waals surface area contributed by atoms with Gasteiger partial charge in [-0.3, -0.25) is 9.59 Å². The molecule has 0 spiro atoms. The summed E-state index contributed by atoms with van der Waals surface area (Å²) in [6.07, 6.45) is 3.83. The Kier molecular flexibility index (Phi) is 4.79. The summed E-state index contributed by atoms with van der Waals surface area (Å²) in [4.78, 5) is 22.8. The van der Waals surface area contributed by atoms with Crippen molar-refractivity contribution >= 4 is 11.8 Å². The Morgan fingerprint density at radius 3 is 2.80 bits per heavy atom. The number of esters is 1. The van der Waals surface area contributed by atoms with E-state index in [0.717, 1.165) is 19.3 Å². The summed E-state index contributed by atoms with van der Waals surface area (Å²) >= 11 is 0. The second-order valence-electron chi connectivity index (χ2n) is 4.69. The minimum absolute atomic E-state index is 0.0709. The van der Waals surface area contributed by atoms with Gasteiger partial charge in [0.2, 0.25) is 0 Å². The summed E-state index contributed by atoms with van der Waals surface area (Å²) in [5.74, 6) is 0.307. The predicted molar refractivity (Wildman–Crippen MR) is 57.4 cm³/mol. The molecule has 1 aliphatic carbocycles. The van der Waals surface area contributed by atoms with Crippen molar-refractivity contribution in [1.29, 1.82) is 0 Å².